The Hall–Kier alpha value is -6.24. The van der Waals surface area contributed by atoms with E-state index in [0.717, 1.165) is 86.8 Å². The zero-order valence-corrected chi connectivity index (χ0v) is 39.3. The molecule has 4 N–H and O–H groups in total. The van der Waals surface area contributed by atoms with Crippen molar-refractivity contribution in [3.63, 3.8) is 0 Å². The minimum atomic E-state index is -2.08. The van der Waals surface area contributed by atoms with Gasteiger partial charge in [-0.3, -0.25) is 9.59 Å². The molecule has 0 fully saturated rings. The number of rotatable bonds is 32. The molecular weight excluding hydrogens is 849 g/mol. The summed E-state index contributed by atoms with van der Waals surface area (Å²) in [6.07, 6.45) is 15.9. The van der Waals surface area contributed by atoms with Crippen LogP contribution in [0.25, 0.3) is 12.2 Å². The summed E-state index contributed by atoms with van der Waals surface area (Å²) < 4.78 is 33.4. The Bertz CT molecular complexity index is 1940. The minimum absolute atomic E-state index is 0.0782. The molecule has 2 atom stereocenters. The van der Waals surface area contributed by atoms with E-state index in [1.807, 2.05) is 74.5 Å². The summed E-state index contributed by atoms with van der Waals surface area (Å²) in [4.78, 5) is 53.2. The molecule has 360 valence electrons. The van der Waals surface area contributed by atoms with E-state index < -0.39 is 29.4 Å². The number of hydrogen-bond donors (Lipinski definition) is 2. The number of carbonyl (C=O) groups excluding carboxylic acids is 4. The van der Waals surface area contributed by atoms with Gasteiger partial charge in [0.2, 0.25) is 5.41 Å². The van der Waals surface area contributed by atoms with E-state index in [9.17, 15) is 19.2 Å². The van der Waals surface area contributed by atoms with Gasteiger partial charge < -0.3 is 39.9 Å². The average molecular weight is 919 g/mol. The summed E-state index contributed by atoms with van der Waals surface area (Å²) in [6, 6.07) is 30.5. The van der Waals surface area contributed by atoms with E-state index in [1.54, 1.807) is 60.7 Å². The van der Waals surface area contributed by atoms with E-state index in [4.69, 9.17) is 39.9 Å². The van der Waals surface area contributed by atoms with Crippen LogP contribution in [-0.2, 0) is 38.1 Å². The van der Waals surface area contributed by atoms with E-state index in [-0.39, 0.29) is 25.2 Å². The van der Waals surface area contributed by atoms with Gasteiger partial charge in [-0.2, -0.15) is 0 Å². The van der Waals surface area contributed by atoms with Crippen molar-refractivity contribution in [1.29, 1.82) is 0 Å². The third kappa shape index (κ3) is 18.5. The molecular formula is C55H70N2O10. The monoisotopic (exact) mass is 919 g/mol. The SMILES string of the molecule is CCOc1ccc(/C=C/C(=O)OCCCCCCCCOC(=O)C(C(=O)OCCCCCCCCOC(=O)/C=C/c2ccc(OCC)cc2)(C(N)c2ccccc2)C(N)c2ccccc2)cc1. The van der Waals surface area contributed by atoms with Crippen molar-refractivity contribution in [1.82, 2.24) is 0 Å². The van der Waals surface area contributed by atoms with Crippen molar-refractivity contribution < 1.29 is 47.6 Å². The topological polar surface area (TPSA) is 176 Å². The van der Waals surface area contributed by atoms with Gasteiger partial charge in [0.1, 0.15) is 11.5 Å². The lowest BCUT2D eigenvalue weighted by molar-refractivity contribution is -0.177. The summed E-state index contributed by atoms with van der Waals surface area (Å²) in [5.41, 5.74) is 14.6. The highest BCUT2D eigenvalue weighted by atomic mass is 16.6. The van der Waals surface area contributed by atoms with Gasteiger partial charge in [0.15, 0.2) is 0 Å². The Labute approximate surface area is 397 Å². The summed E-state index contributed by atoms with van der Waals surface area (Å²) in [5.74, 6) is -0.861. The molecule has 0 saturated carbocycles. The third-order valence-electron chi connectivity index (χ3n) is 11.2. The van der Waals surface area contributed by atoms with E-state index >= 15 is 0 Å². The minimum Gasteiger partial charge on any atom is -0.494 e. The second kappa shape index (κ2) is 30.9. The maximum atomic E-state index is 14.4. The Balaban J connectivity index is 1.21. The average Bonchev–Trinajstić information content (AvgIpc) is 3.35. The molecule has 0 aliphatic rings. The number of esters is 4. The highest BCUT2D eigenvalue weighted by molar-refractivity contribution is 6.02. The van der Waals surface area contributed by atoms with Crippen molar-refractivity contribution in [2.24, 2.45) is 16.9 Å². The largest absolute Gasteiger partial charge is 0.494 e. The molecule has 12 nitrogen and oxygen atoms in total. The molecule has 0 aliphatic carbocycles. The normalized spacial score (nSPS) is 12.4. The number of unbranched alkanes of at least 4 members (excludes halogenated alkanes) is 10. The Morgan fingerprint density at radius 1 is 0.448 bits per heavy atom. The molecule has 67 heavy (non-hydrogen) atoms. The van der Waals surface area contributed by atoms with Crippen molar-refractivity contribution in [3.8, 4) is 11.5 Å². The Morgan fingerprint density at radius 2 is 0.761 bits per heavy atom. The standard InChI is InChI=1S/C55H70N2O10/c1-3-62-47-33-27-43(28-34-47)31-37-49(58)64-39-19-9-5-7-11-21-41-66-53(60)55(51(56)45-23-15-13-16-24-45,52(57)46-25-17-14-18-26-46)54(61)67-42-22-12-8-6-10-20-40-65-50(59)38-32-44-29-35-48(36-30-44)63-4-2/h13-18,23-38,51-52H,3-12,19-22,39-42,56-57H2,1-2H3/b37-31+,38-32+. The maximum absolute atomic E-state index is 14.4. The Morgan fingerprint density at radius 3 is 1.09 bits per heavy atom. The van der Waals surface area contributed by atoms with Crippen molar-refractivity contribution in [3.05, 3.63) is 144 Å². The number of ether oxygens (including phenoxy) is 6. The highest BCUT2D eigenvalue weighted by Crippen LogP contribution is 2.44. The molecule has 2 unspecified atom stereocenters. The lowest BCUT2D eigenvalue weighted by Crippen LogP contribution is -2.56. The van der Waals surface area contributed by atoms with Crippen LogP contribution >= 0.6 is 0 Å². The van der Waals surface area contributed by atoms with Crippen LogP contribution in [0.3, 0.4) is 0 Å². The first-order valence-corrected chi connectivity index (χ1v) is 23.8. The fourth-order valence-corrected chi connectivity index (χ4v) is 7.48. The van der Waals surface area contributed by atoms with Gasteiger partial charge in [-0.25, -0.2) is 9.59 Å². The van der Waals surface area contributed by atoms with Gasteiger partial charge in [-0.15, -0.1) is 0 Å². The predicted octanol–water partition coefficient (Wildman–Crippen LogP) is 10.5. The molecule has 0 amide bonds. The van der Waals surface area contributed by atoms with Crippen molar-refractivity contribution in [2.75, 3.05) is 39.6 Å². The number of nitrogens with two attached hydrogens (primary N) is 2. The van der Waals surface area contributed by atoms with E-state index in [1.165, 1.54) is 12.2 Å². The van der Waals surface area contributed by atoms with Crippen LogP contribution in [0.4, 0.5) is 0 Å². The van der Waals surface area contributed by atoms with Crippen LogP contribution in [0.5, 0.6) is 11.5 Å². The van der Waals surface area contributed by atoms with Crippen LogP contribution in [-0.4, -0.2) is 63.5 Å². The van der Waals surface area contributed by atoms with Gasteiger partial charge >= 0.3 is 23.9 Å². The molecule has 4 rings (SSSR count). The van der Waals surface area contributed by atoms with Crippen LogP contribution in [0.15, 0.2) is 121 Å². The van der Waals surface area contributed by atoms with Gasteiger partial charge in [-0.1, -0.05) is 136 Å². The number of carbonyl (C=O) groups is 4. The highest BCUT2D eigenvalue weighted by Gasteiger charge is 2.59. The van der Waals surface area contributed by atoms with E-state index in [0.29, 0.717) is 50.4 Å². The van der Waals surface area contributed by atoms with Crippen molar-refractivity contribution in [2.45, 2.75) is 103 Å². The molecule has 12 heteroatoms. The van der Waals surface area contributed by atoms with E-state index in [2.05, 4.69) is 0 Å². The molecule has 4 aromatic carbocycles. The lowest BCUT2D eigenvalue weighted by atomic mass is 9.69. The molecule has 0 aromatic heterocycles. The maximum Gasteiger partial charge on any atom is 0.330 e. The molecule has 0 radical (unpaired) electrons. The second-order valence-electron chi connectivity index (χ2n) is 16.2. The van der Waals surface area contributed by atoms with Crippen LogP contribution in [0, 0.1) is 5.41 Å². The zero-order valence-electron chi connectivity index (χ0n) is 39.3. The van der Waals surface area contributed by atoms with Gasteiger partial charge in [-0.05, 0) is 98.2 Å². The summed E-state index contributed by atoms with van der Waals surface area (Å²) in [7, 11) is 0. The van der Waals surface area contributed by atoms with Crippen LogP contribution < -0.4 is 20.9 Å². The first-order valence-electron chi connectivity index (χ1n) is 23.8. The summed E-state index contributed by atoms with van der Waals surface area (Å²) >= 11 is 0. The molecule has 0 heterocycles. The molecule has 0 bridgehead atoms. The zero-order chi connectivity index (χ0) is 48.0. The summed E-state index contributed by atoms with van der Waals surface area (Å²) in [5, 5.41) is 0. The molecule has 0 aliphatic heterocycles. The second-order valence-corrected chi connectivity index (χ2v) is 16.2. The molecule has 0 saturated heterocycles. The summed E-state index contributed by atoms with van der Waals surface area (Å²) in [6.45, 7) is 5.86. The first kappa shape index (κ1) is 53.4. The van der Waals surface area contributed by atoms with Gasteiger partial charge in [0.05, 0.1) is 51.7 Å². The number of hydrogen-bond acceptors (Lipinski definition) is 12. The number of benzene rings is 4. The molecule has 0 spiro atoms. The first-order chi connectivity index (χ1) is 32.7. The van der Waals surface area contributed by atoms with Crippen molar-refractivity contribution >= 4 is 36.0 Å². The quantitative estimate of drug-likeness (QED) is 0.0156. The Kier molecular flexibility index (Phi) is 24.6. The predicted molar refractivity (Wildman–Crippen MR) is 262 cm³/mol. The third-order valence-corrected chi connectivity index (χ3v) is 11.2. The lowest BCUT2D eigenvalue weighted by Gasteiger charge is -2.39. The van der Waals surface area contributed by atoms with Crippen LogP contribution in [0.2, 0.25) is 0 Å². The van der Waals surface area contributed by atoms with Gasteiger partial charge in [0.25, 0.3) is 0 Å². The molecule has 4 aromatic rings. The fraction of sp³-hybridized carbons (Fsp3) is 0.418. The van der Waals surface area contributed by atoms with Crippen LogP contribution in [0.1, 0.15) is 125 Å². The fourth-order valence-electron chi connectivity index (χ4n) is 7.48. The van der Waals surface area contributed by atoms with Gasteiger partial charge in [0, 0.05) is 12.2 Å². The smallest absolute Gasteiger partial charge is 0.330 e.